The normalized spacial score (nSPS) is 10.7. The Balaban J connectivity index is 0.000000623. The monoisotopic (exact) mass is 492 g/mol. The van der Waals surface area contributed by atoms with Gasteiger partial charge in [-0.2, -0.15) is 0 Å². The first kappa shape index (κ1) is 26.2. The fourth-order valence-corrected chi connectivity index (χ4v) is 3.33. The van der Waals surface area contributed by atoms with Crippen LogP contribution in [0.25, 0.3) is 11.1 Å². The molecule has 4 aromatic rings. The zero-order valence-electron chi connectivity index (χ0n) is 19.2. The standard InChI is InChI=1S/C28H26O2.H3O4P/c1-3-7-27(8-4-1)29-21-19-23-11-15-25(16-12-23)26-17-13-24(14-18-26)20-22-30-28-9-5-2-6-10-28;1-5(2,3)4/h1-18H,19-22H2;(H3,1,2,3,4). The molecular weight excluding hydrogens is 463 g/mol. The Morgan fingerprint density at radius 2 is 0.829 bits per heavy atom. The van der Waals surface area contributed by atoms with Crippen molar-refractivity contribution in [3.8, 4) is 22.6 Å². The topological polar surface area (TPSA) is 96.2 Å². The quantitative estimate of drug-likeness (QED) is 0.261. The minimum atomic E-state index is -4.64. The lowest BCUT2D eigenvalue weighted by Crippen LogP contribution is -2.01. The Hall–Kier alpha value is -3.41. The summed E-state index contributed by atoms with van der Waals surface area (Å²) < 4.78 is 20.5. The Labute approximate surface area is 205 Å². The molecule has 0 heterocycles. The van der Waals surface area contributed by atoms with Crippen LogP contribution in [0.1, 0.15) is 11.1 Å². The van der Waals surface area contributed by atoms with E-state index in [9.17, 15) is 0 Å². The summed E-state index contributed by atoms with van der Waals surface area (Å²) in [4.78, 5) is 21.6. The number of rotatable bonds is 9. The van der Waals surface area contributed by atoms with Crippen LogP contribution in [0, 0.1) is 0 Å². The average molecular weight is 493 g/mol. The zero-order valence-corrected chi connectivity index (χ0v) is 20.1. The highest BCUT2D eigenvalue weighted by atomic mass is 31.2. The van der Waals surface area contributed by atoms with Crippen LogP contribution in [0.3, 0.4) is 0 Å². The fraction of sp³-hybridized carbons (Fsp3) is 0.143. The van der Waals surface area contributed by atoms with Crippen molar-refractivity contribution in [2.24, 2.45) is 0 Å². The first-order valence-corrected chi connectivity index (χ1v) is 12.8. The van der Waals surface area contributed by atoms with E-state index in [-0.39, 0.29) is 0 Å². The molecule has 0 amide bonds. The second-order valence-electron chi connectivity index (χ2n) is 7.73. The molecular formula is C28H29O6P. The van der Waals surface area contributed by atoms with E-state index in [1.807, 2.05) is 60.7 Å². The molecule has 6 nitrogen and oxygen atoms in total. The van der Waals surface area contributed by atoms with Crippen molar-refractivity contribution in [2.45, 2.75) is 12.8 Å². The van der Waals surface area contributed by atoms with Crippen molar-refractivity contribution in [3.63, 3.8) is 0 Å². The highest BCUT2D eigenvalue weighted by Gasteiger charge is 2.02. The molecule has 0 aliphatic rings. The lowest BCUT2D eigenvalue weighted by molar-refractivity contribution is 0.275. The third-order valence-electron chi connectivity index (χ3n) is 5.05. The fourth-order valence-electron chi connectivity index (χ4n) is 3.33. The highest BCUT2D eigenvalue weighted by Crippen LogP contribution is 2.26. The Bertz CT molecular complexity index is 1080. The third-order valence-corrected chi connectivity index (χ3v) is 5.05. The predicted molar refractivity (Wildman–Crippen MR) is 137 cm³/mol. The summed E-state index contributed by atoms with van der Waals surface area (Å²) >= 11 is 0. The summed E-state index contributed by atoms with van der Waals surface area (Å²) in [5.41, 5.74) is 5.03. The molecule has 0 aromatic heterocycles. The molecule has 182 valence electrons. The molecule has 0 saturated heterocycles. The molecule has 0 unspecified atom stereocenters. The molecule has 4 aromatic carbocycles. The van der Waals surface area contributed by atoms with Crippen molar-refractivity contribution < 1.29 is 28.7 Å². The molecule has 7 heteroatoms. The molecule has 3 N–H and O–H groups in total. The van der Waals surface area contributed by atoms with Crippen LogP contribution in [0.5, 0.6) is 11.5 Å². The maximum Gasteiger partial charge on any atom is 0.466 e. The average Bonchev–Trinajstić information content (AvgIpc) is 2.85. The van der Waals surface area contributed by atoms with Crippen LogP contribution in [-0.4, -0.2) is 27.9 Å². The number of para-hydroxylation sites is 2. The van der Waals surface area contributed by atoms with Gasteiger partial charge in [-0.15, -0.1) is 0 Å². The molecule has 0 saturated carbocycles. The van der Waals surface area contributed by atoms with E-state index < -0.39 is 7.82 Å². The van der Waals surface area contributed by atoms with Gasteiger partial charge in [0.05, 0.1) is 13.2 Å². The molecule has 0 bridgehead atoms. The Kier molecular flexibility index (Phi) is 10.1. The van der Waals surface area contributed by atoms with Gasteiger partial charge in [-0.05, 0) is 46.5 Å². The summed E-state index contributed by atoms with van der Waals surface area (Å²) in [6.45, 7) is 1.37. The van der Waals surface area contributed by atoms with Crippen LogP contribution >= 0.6 is 7.82 Å². The van der Waals surface area contributed by atoms with Crippen molar-refractivity contribution in [3.05, 3.63) is 120 Å². The van der Waals surface area contributed by atoms with E-state index >= 15 is 0 Å². The van der Waals surface area contributed by atoms with Crippen LogP contribution in [0.2, 0.25) is 0 Å². The van der Waals surface area contributed by atoms with Crippen LogP contribution in [0.15, 0.2) is 109 Å². The van der Waals surface area contributed by atoms with Gasteiger partial charge in [-0.1, -0.05) is 84.9 Å². The number of hydrogen-bond acceptors (Lipinski definition) is 3. The van der Waals surface area contributed by atoms with Gasteiger partial charge in [-0.3, -0.25) is 0 Å². The number of ether oxygens (including phenoxy) is 2. The molecule has 0 aliphatic heterocycles. The van der Waals surface area contributed by atoms with Gasteiger partial charge in [0, 0.05) is 12.8 Å². The summed E-state index contributed by atoms with van der Waals surface area (Å²) in [6, 6.07) is 37.4. The Morgan fingerprint density at radius 1 is 0.514 bits per heavy atom. The number of phosphoric acid groups is 1. The van der Waals surface area contributed by atoms with Crippen LogP contribution < -0.4 is 9.47 Å². The maximum atomic E-state index is 8.88. The van der Waals surface area contributed by atoms with Crippen molar-refractivity contribution in [1.82, 2.24) is 0 Å². The van der Waals surface area contributed by atoms with E-state index in [2.05, 4.69) is 48.5 Å². The van der Waals surface area contributed by atoms with Crippen LogP contribution in [0.4, 0.5) is 0 Å². The van der Waals surface area contributed by atoms with E-state index in [0.717, 1.165) is 24.3 Å². The summed E-state index contributed by atoms with van der Waals surface area (Å²) in [7, 11) is -4.64. The maximum absolute atomic E-state index is 8.88. The zero-order chi connectivity index (χ0) is 24.9. The van der Waals surface area contributed by atoms with Gasteiger partial charge in [0.25, 0.3) is 0 Å². The molecule has 0 radical (unpaired) electrons. The largest absolute Gasteiger partial charge is 0.493 e. The summed E-state index contributed by atoms with van der Waals surface area (Å²) in [5.74, 6) is 1.84. The van der Waals surface area contributed by atoms with Crippen molar-refractivity contribution >= 4 is 7.82 Å². The number of benzene rings is 4. The van der Waals surface area contributed by atoms with Gasteiger partial charge in [0.1, 0.15) is 11.5 Å². The van der Waals surface area contributed by atoms with Crippen molar-refractivity contribution in [2.75, 3.05) is 13.2 Å². The van der Waals surface area contributed by atoms with Gasteiger partial charge in [0.15, 0.2) is 0 Å². The molecule has 0 spiro atoms. The second kappa shape index (κ2) is 13.5. The van der Waals surface area contributed by atoms with Crippen LogP contribution in [-0.2, 0) is 17.4 Å². The first-order chi connectivity index (χ1) is 16.9. The third kappa shape index (κ3) is 10.6. The molecule has 35 heavy (non-hydrogen) atoms. The minimum Gasteiger partial charge on any atom is -0.493 e. The van der Waals surface area contributed by atoms with E-state index in [1.165, 1.54) is 22.3 Å². The summed E-state index contributed by atoms with van der Waals surface area (Å²) in [6.07, 6.45) is 1.80. The van der Waals surface area contributed by atoms with Gasteiger partial charge in [0.2, 0.25) is 0 Å². The first-order valence-electron chi connectivity index (χ1n) is 11.2. The van der Waals surface area contributed by atoms with Gasteiger partial charge >= 0.3 is 7.82 Å². The van der Waals surface area contributed by atoms with E-state index in [1.54, 1.807) is 0 Å². The Morgan fingerprint density at radius 3 is 1.14 bits per heavy atom. The van der Waals surface area contributed by atoms with E-state index in [0.29, 0.717) is 13.2 Å². The molecule has 4 rings (SSSR count). The smallest absolute Gasteiger partial charge is 0.466 e. The molecule has 0 atom stereocenters. The molecule has 0 aliphatic carbocycles. The second-order valence-corrected chi connectivity index (χ2v) is 8.76. The van der Waals surface area contributed by atoms with Gasteiger partial charge in [-0.25, -0.2) is 4.57 Å². The van der Waals surface area contributed by atoms with Crippen molar-refractivity contribution in [1.29, 1.82) is 0 Å². The number of hydrogen-bond donors (Lipinski definition) is 3. The summed E-state index contributed by atoms with van der Waals surface area (Å²) in [5, 5.41) is 0. The minimum absolute atomic E-state index is 0.684. The lowest BCUT2D eigenvalue weighted by atomic mass is 10.0. The predicted octanol–water partition coefficient (Wildman–Crippen LogP) is 5.67. The SMILES string of the molecule is O=P(O)(O)O.c1ccc(OCCc2ccc(-c3ccc(CCOc4ccccc4)cc3)cc2)cc1. The van der Waals surface area contributed by atoms with E-state index in [4.69, 9.17) is 28.7 Å². The lowest BCUT2D eigenvalue weighted by Gasteiger charge is -2.08. The van der Waals surface area contributed by atoms with Gasteiger partial charge < -0.3 is 24.2 Å². The molecule has 0 fully saturated rings. The highest BCUT2D eigenvalue weighted by molar-refractivity contribution is 7.45.